The predicted octanol–water partition coefficient (Wildman–Crippen LogP) is -0.601. The van der Waals surface area contributed by atoms with Gasteiger partial charge in [-0.3, -0.25) is 24.5 Å². The number of esters is 1. The number of rotatable bonds is 13. The third-order valence-corrected chi connectivity index (χ3v) is 5.73. The number of benzene rings is 1. The molecule has 0 unspecified atom stereocenters. The lowest BCUT2D eigenvalue weighted by atomic mass is 10.0. The van der Waals surface area contributed by atoms with Gasteiger partial charge in [0.25, 0.3) is 0 Å². The van der Waals surface area contributed by atoms with Crippen molar-refractivity contribution in [1.29, 1.82) is 0 Å². The highest BCUT2D eigenvalue weighted by Gasteiger charge is 2.39. The second kappa shape index (κ2) is 13.6. The van der Waals surface area contributed by atoms with E-state index in [1.165, 1.54) is 14.0 Å². The van der Waals surface area contributed by atoms with Crippen molar-refractivity contribution in [2.24, 2.45) is 5.92 Å². The molecule has 11 nitrogen and oxygen atoms in total. The van der Waals surface area contributed by atoms with Gasteiger partial charge in [-0.25, -0.2) is 4.79 Å². The molecule has 1 aromatic rings. The van der Waals surface area contributed by atoms with Gasteiger partial charge >= 0.3 is 5.97 Å². The molecule has 0 radical (unpaired) electrons. The summed E-state index contributed by atoms with van der Waals surface area (Å²) in [6.45, 7) is 6.76. The van der Waals surface area contributed by atoms with Crippen LogP contribution < -0.4 is 26.6 Å². The van der Waals surface area contributed by atoms with Crippen LogP contribution in [0.15, 0.2) is 30.3 Å². The zero-order valence-electron chi connectivity index (χ0n) is 21.4. The van der Waals surface area contributed by atoms with Crippen molar-refractivity contribution in [3.05, 3.63) is 35.9 Å². The Morgan fingerprint density at radius 1 is 0.944 bits per heavy atom. The van der Waals surface area contributed by atoms with Gasteiger partial charge in [-0.1, -0.05) is 44.2 Å². The number of hydrogen-bond donors (Lipinski definition) is 5. The lowest BCUT2D eigenvalue weighted by molar-refractivity contribution is -0.144. The number of ether oxygens (including phenoxy) is 1. The van der Waals surface area contributed by atoms with E-state index in [-0.39, 0.29) is 36.9 Å². The van der Waals surface area contributed by atoms with Gasteiger partial charge in [0.15, 0.2) is 0 Å². The van der Waals surface area contributed by atoms with Crippen LogP contribution in [0, 0.1) is 5.92 Å². The molecule has 1 aliphatic rings. The minimum Gasteiger partial charge on any atom is -0.467 e. The summed E-state index contributed by atoms with van der Waals surface area (Å²) in [7, 11) is 1.22. The minimum absolute atomic E-state index is 0.0437. The maximum atomic E-state index is 12.9. The summed E-state index contributed by atoms with van der Waals surface area (Å²) in [5, 5.41) is 13.4. The summed E-state index contributed by atoms with van der Waals surface area (Å²) in [4.78, 5) is 62.2. The van der Waals surface area contributed by atoms with Crippen LogP contribution in [-0.4, -0.2) is 73.5 Å². The highest BCUT2D eigenvalue weighted by molar-refractivity contribution is 5.94. The summed E-state index contributed by atoms with van der Waals surface area (Å²) in [6, 6.07) is 6.28. The van der Waals surface area contributed by atoms with Crippen LogP contribution in [-0.2, 0) is 35.1 Å². The topological polar surface area (TPSA) is 165 Å². The zero-order chi connectivity index (χ0) is 26.8. The summed E-state index contributed by atoms with van der Waals surface area (Å²) >= 11 is 0. The first kappa shape index (κ1) is 28.8. The van der Waals surface area contributed by atoms with E-state index in [0.29, 0.717) is 6.42 Å². The normalized spacial score (nSPS) is 18.8. The predicted molar refractivity (Wildman–Crippen MR) is 132 cm³/mol. The molecule has 1 aromatic carbocycles. The number of carbonyl (C=O) groups is 5. The summed E-state index contributed by atoms with van der Waals surface area (Å²) < 4.78 is 4.61. The Hall–Kier alpha value is -3.47. The van der Waals surface area contributed by atoms with Crippen LogP contribution in [0.25, 0.3) is 0 Å². The Bertz CT molecular complexity index is 938. The Labute approximate surface area is 211 Å². The van der Waals surface area contributed by atoms with Crippen LogP contribution in [0.4, 0.5) is 0 Å². The van der Waals surface area contributed by atoms with Gasteiger partial charge in [-0.05, 0) is 31.7 Å². The fraction of sp³-hybridized carbons (Fsp3) is 0.560. The molecule has 0 spiro atoms. The fourth-order valence-corrected chi connectivity index (χ4v) is 3.64. The van der Waals surface area contributed by atoms with E-state index >= 15 is 0 Å². The Morgan fingerprint density at radius 3 is 2.14 bits per heavy atom. The van der Waals surface area contributed by atoms with E-state index in [9.17, 15) is 24.0 Å². The maximum absolute atomic E-state index is 12.9. The number of methoxy groups -OCH3 is 1. The Morgan fingerprint density at radius 2 is 1.58 bits per heavy atom. The quantitative estimate of drug-likeness (QED) is 0.177. The first-order chi connectivity index (χ1) is 17.0. The molecule has 5 atom stereocenters. The number of carbonyl (C=O) groups excluding carboxylic acids is 5. The van der Waals surface area contributed by atoms with E-state index in [1.54, 1.807) is 0 Å². The van der Waals surface area contributed by atoms with Crippen molar-refractivity contribution < 1.29 is 28.7 Å². The average molecular weight is 504 g/mol. The molecular formula is C25H37N5O6. The van der Waals surface area contributed by atoms with Gasteiger partial charge in [-0.15, -0.1) is 0 Å². The van der Waals surface area contributed by atoms with Crippen LogP contribution >= 0.6 is 0 Å². The molecule has 0 bridgehead atoms. The minimum atomic E-state index is -0.899. The smallest absolute Gasteiger partial charge is 0.328 e. The molecule has 198 valence electrons. The van der Waals surface area contributed by atoms with Crippen LogP contribution in [0.2, 0.25) is 0 Å². The Balaban J connectivity index is 1.97. The summed E-state index contributed by atoms with van der Waals surface area (Å²) in [5.41, 5.74) is 0.854. The van der Waals surface area contributed by atoms with Crippen LogP contribution in [0.3, 0.4) is 0 Å². The SMILES string of the molecule is COC(=O)[C@H](C)NC(=O)[C@H](CC(C)C)NC(=O)CNC(=O)[C@H](Cc1ccccc1)NC(=O)[C@H]1N[C@H]1C. The molecule has 11 heteroatoms. The lowest BCUT2D eigenvalue weighted by Gasteiger charge is -2.22. The largest absolute Gasteiger partial charge is 0.467 e. The summed E-state index contributed by atoms with van der Waals surface area (Å²) in [6.07, 6.45) is 0.587. The monoisotopic (exact) mass is 503 g/mol. The van der Waals surface area contributed by atoms with Gasteiger partial charge in [0.2, 0.25) is 23.6 Å². The van der Waals surface area contributed by atoms with E-state index in [4.69, 9.17) is 0 Å². The average Bonchev–Trinajstić information content (AvgIpc) is 3.58. The van der Waals surface area contributed by atoms with Crippen molar-refractivity contribution in [2.45, 2.75) is 70.7 Å². The molecule has 1 saturated heterocycles. The van der Waals surface area contributed by atoms with Crippen molar-refractivity contribution in [1.82, 2.24) is 26.6 Å². The third-order valence-electron chi connectivity index (χ3n) is 5.73. The van der Waals surface area contributed by atoms with Crippen molar-refractivity contribution >= 4 is 29.6 Å². The molecule has 1 heterocycles. The molecule has 1 fully saturated rings. The maximum Gasteiger partial charge on any atom is 0.328 e. The molecule has 0 aliphatic carbocycles. The molecule has 5 N–H and O–H groups in total. The highest BCUT2D eigenvalue weighted by Crippen LogP contribution is 2.11. The molecule has 2 rings (SSSR count). The summed E-state index contributed by atoms with van der Waals surface area (Å²) in [5.74, 6) is -2.42. The van der Waals surface area contributed by atoms with E-state index in [0.717, 1.165) is 5.56 Å². The second-order valence-corrected chi connectivity index (χ2v) is 9.40. The number of hydrogen-bond acceptors (Lipinski definition) is 7. The van der Waals surface area contributed by atoms with Crippen molar-refractivity contribution in [2.75, 3.05) is 13.7 Å². The highest BCUT2D eigenvalue weighted by atomic mass is 16.5. The van der Waals surface area contributed by atoms with E-state index in [2.05, 4.69) is 31.3 Å². The lowest BCUT2D eigenvalue weighted by Crippen LogP contribution is -2.54. The molecule has 4 amide bonds. The molecule has 0 saturated carbocycles. The van der Waals surface area contributed by atoms with Gasteiger partial charge in [0, 0.05) is 12.5 Å². The van der Waals surface area contributed by atoms with Gasteiger partial charge in [-0.2, -0.15) is 0 Å². The molecule has 36 heavy (non-hydrogen) atoms. The van der Waals surface area contributed by atoms with Crippen molar-refractivity contribution in [3.63, 3.8) is 0 Å². The molecule has 1 aliphatic heterocycles. The Kier molecular flexibility index (Phi) is 10.8. The zero-order valence-corrected chi connectivity index (χ0v) is 21.4. The second-order valence-electron chi connectivity index (χ2n) is 9.40. The van der Waals surface area contributed by atoms with Crippen LogP contribution in [0.1, 0.15) is 39.7 Å². The number of amides is 4. The third kappa shape index (κ3) is 9.29. The standard InChI is InChI=1S/C25H37N5O6/c1-14(2)11-18(23(33)28-16(4)25(35)36-5)29-20(31)13-26-22(32)19(12-17-9-7-6-8-10-17)30-24(34)21-15(3)27-21/h6-10,14-16,18-19,21,27H,11-13H2,1-5H3,(H,26,32)(H,28,33)(H,29,31)(H,30,34)/t15-,16-,18-,19-,21-/m0/s1. The van der Waals surface area contributed by atoms with Crippen molar-refractivity contribution in [3.8, 4) is 0 Å². The first-order valence-corrected chi connectivity index (χ1v) is 12.1. The van der Waals surface area contributed by atoms with E-state index in [1.807, 2.05) is 51.1 Å². The van der Waals surface area contributed by atoms with Gasteiger partial charge in [0.1, 0.15) is 24.2 Å². The number of nitrogens with one attached hydrogen (secondary N) is 5. The fourth-order valence-electron chi connectivity index (χ4n) is 3.64. The molecular weight excluding hydrogens is 466 g/mol. The van der Waals surface area contributed by atoms with Gasteiger partial charge in [0.05, 0.1) is 13.7 Å². The first-order valence-electron chi connectivity index (χ1n) is 12.1. The molecule has 0 aromatic heterocycles. The van der Waals surface area contributed by atoms with Gasteiger partial charge < -0.3 is 26.0 Å². The van der Waals surface area contributed by atoms with E-state index < -0.39 is 41.8 Å². The van der Waals surface area contributed by atoms with Crippen LogP contribution in [0.5, 0.6) is 0 Å².